The Morgan fingerprint density at radius 1 is 1.31 bits per heavy atom. The summed E-state index contributed by atoms with van der Waals surface area (Å²) in [6, 6.07) is 5.46. The molecule has 1 saturated carbocycles. The minimum atomic E-state index is -3.19. The number of aryl methyl sites for hydroxylation is 1. The Labute approximate surface area is 193 Å². The first-order valence-corrected chi connectivity index (χ1v) is 11.9. The molecule has 1 aromatic carbocycles. The molecule has 0 aromatic heterocycles. The first-order chi connectivity index (χ1) is 13.1. The number of sulfone groups is 1. The number of hydrogen-bond acceptors (Lipinski definition) is 4. The predicted octanol–water partition coefficient (Wildman–Crippen LogP) is 3.19. The van der Waals surface area contributed by atoms with Crippen molar-refractivity contribution in [3.63, 3.8) is 0 Å². The van der Waals surface area contributed by atoms with Gasteiger partial charge < -0.3 is 15.5 Å². The molecule has 2 rings (SSSR count). The Balaban J connectivity index is 0.00000420. The molecule has 1 fully saturated rings. The van der Waals surface area contributed by atoms with Gasteiger partial charge >= 0.3 is 0 Å². The molecule has 0 radical (unpaired) electrons. The van der Waals surface area contributed by atoms with Crippen LogP contribution < -0.4 is 10.6 Å². The zero-order valence-electron chi connectivity index (χ0n) is 18.6. The molecule has 6 nitrogen and oxygen atoms in total. The van der Waals surface area contributed by atoms with Crippen LogP contribution in [0.1, 0.15) is 43.7 Å². The van der Waals surface area contributed by atoms with E-state index in [1.165, 1.54) is 31.9 Å². The summed E-state index contributed by atoms with van der Waals surface area (Å²) in [5.74, 6) is 1.51. The Kier molecular flexibility index (Phi) is 9.88. The van der Waals surface area contributed by atoms with E-state index >= 15 is 0 Å². The molecule has 2 N–H and O–H groups in total. The van der Waals surface area contributed by atoms with Crippen LogP contribution in [-0.4, -0.2) is 58.8 Å². The fourth-order valence-electron chi connectivity index (χ4n) is 4.25. The molecule has 1 aliphatic rings. The van der Waals surface area contributed by atoms with Gasteiger partial charge in [0.15, 0.2) is 15.8 Å². The first kappa shape index (κ1) is 26.2. The van der Waals surface area contributed by atoms with Gasteiger partial charge in [-0.3, -0.25) is 4.99 Å². The summed E-state index contributed by atoms with van der Waals surface area (Å²) in [6.07, 6.45) is 6.20. The average molecular weight is 537 g/mol. The molecule has 0 heterocycles. The second-order valence-electron chi connectivity index (χ2n) is 8.47. The number of likely N-dealkylation sites (N-methyl/N-ethyl adjacent to an activating group) is 1. The highest BCUT2D eigenvalue weighted by molar-refractivity contribution is 14.0. The lowest BCUT2D eigenvalue weighted by Gasteiger charge is -2.45. The second-order valence-corrected chi connectivity index (χ2v) is 10.5. The molecule has 0 aliphatic heterocycles. The zero-order chi connectivity index (χ0) is 20.9. The van der Waals surface area contributed by atoms with Crippen molar-refractivity contribution in [3.8, 4) is 0 Å². The summed E-state index contributed by atoms with van der Waals surface area (Å²) < 4.78 is 23.5. The van der Waals surface area contributed by atoms with E-state index in [0.29, 0.717) is 11.4 Å². The molecule has 0 spiro atoms. The van der Waals surface area contributed by atoms with E-state index in [1.54, 1.807) is 13.1 Å². The maximum Gasteiger partial charge on any atom is 0.191 e. The summed E-state index contributed by atoms with van der Waals surface area (Å²) in [7, 11) is 2.93. The van der Waals surface area contributed by atoms with Gasteiger partial charge in [0.2, 0.25) is 0 Å². The monoisotopic (exact) mass is 536 g/mol. The third kappa shape index (κ3) is 7.10. The number of benzene rings is 1. The Bertz CT molecular complexity index is 811. The summed E-state index contributed by atoms with van der Waals surface area (Å²) in [6.45, 7) is 5.62. The van der Waals surface area contributed by atoms with Crippen molar-refractivity contribution >= 4 is 39.8 Å². The molecule has 2 unspecified atom stereocenters. The molecule has 0 amide bonds. The van der Waals surface area contributed by atoms with Gasteiger partial charge in [-0.15, -0.1) is 24.0 Å². The molecule has 166 valence electrons. The number of halogens is 1. The van der Waals surface area contributed by atoms with Gasteiger partial charge in [0, 0.05) is 31.9 Å². The van der Waals surface area contributed by atoms with Gasteiger partial charge in [0.25, 0.3) is 0 Å². The molecule has 0 bridgehead atoms. The van der Waals surface area contributed by atoms with E-state index in [0.717, 1.165) is 29.5 Å². The topological polar surface area (TPSA) is 73.8 Å². The van der Waals surface area contributed by atoms with Crippen molar-refractivity contribution in [2.75, 3.05) is 33.9 Å². The predicted molar refractivity (Wildman–Crippen MR) is 132 cm³/mol. The summed E-state index contributed by atoms with van der Waals surface area (Å²) in [5.41, 5.74) is 1.96. The number of rotatable bonds is 6. The third-order valence-electron chi connectivity index (χ3n) is 5.92. The van der Waals surface area contributed by atoms with Gasteiger partial charge in [0.05, 0.1) is 4.90 Å². The highest BCUT2D eigenvalue weighted by Crippen LogP contribution is 2.35. The van der Waals surface area contributed by atoms with Gasteiger partial charge in [0.1, 0.15) is 0 Å². The Hall–Kier alpha value is -0.870. The van der Waals surface area contributed by atoms with Crippen molar-refractivity contribution in [1.82, 2.24) is 15.5 Å². The molecule has 29 heavy (non-hydrogen) atoms. The maximum atomic E-state index is 11.8. The standard InChI is InChI=1S/C21H36N4O2S.HI/c1-16-8-7-11-21(13-16,25(4)5)15-24-20(22-3)23-14-18-9-10-19(17(2)12-18)28(6,26)27;/h9-10,12,16H,7-8,11,13-15H2,1-6H3,(H2,22,23,24);1H. The lowest BCUT2D eigenvalue weighted by Crippen LogP contribution is -2.56. The number of aliphatic imine (C=N–C) groups is 1. The normalized spacial score (nSPS) is 22.9. The lowest BCUT2D eigenvalue weighted by atomic mass is 9.75. The fourth-order valence-corrected chi connectivity index (χ4v) is 5.21. The van der Waals surface area contributed by atoms with E-state index in [4.69, 9.17) is 0 Å². The SMILES string of the molecule is CN=C(NCc1ccc(S(C)(=O)=O)c(C)c1)NCC1(N(C)C)CCCC(C)C1.I. The highest BCUT2D eigenvalue weighted by atomic mass is 127. The van der Waals surface area contributed by atoms with Crippen molar-refractivity contribution in [3.05, 3.63) is 29.3 Å². The molecule has 1 aliphatic carbocycles. The van der Waals surface area contributed by atoms with Crippen LogP contribution in [-0.2, 0) is 16.4 Å². The summed E-state index contributed by atoms with van der Waals surface area (Å²) in [4.78, 5) is 7.10. The van der Waals surface area contributed by atoms with Crippen LogP contribution in [0.2, 0.25) is 0 Å². The highest BCUT2D eigenvalue weighted by Gasteiger charge is 2.36. The van der Waals surface area contributed by atoms with E-state index in [9.17, 15) is 8.42 Å². The van der Waals surface area contributed by atoms with Crippen LogP contribution in [0.25, 0.3) is 0 Å². The van der Waals surface area contributed by atoms with Crippen LogP contribution in [0.5, 0.6) is 0 Å². The van der Waals surface area contributed by atoms with E-state index < -0.39 is 9.84 Å². The van der Waals surface area contributed by atoms with Crippen LogP contribution in [0.4, 0.5) is 0 Å². The van der Waals surface area contributed by atoms with Crippen LogP contribution in [0, 0.1) is 12.8 Å². The largest absolute Gasteiger partial charge is 0.355 e. The third-order valence-corrected chi connectivity index (χ3v) is 7.18. The van der Waals surface area contributed by atoms with E-state index in [1.807, 2.05) is 19.1 Å². The quantitative estimate of drug-likeness (QED) is 0.332. The number of nitrogens with one attached hydrogen (secondary N) is 2. The van der Waals surface area contributed by atoms with E-state index in [-0.39, 0.29) is 29.5 Å². The first-order valence-electron chi connectivity index (χ1n) is 9.99. The van der Waals surface area contributed by atoms with Gasteiger partial charge in [-0.2, -0.15) is 0 Å². The van der Waals surface area contributed by atoms with Crippen molar-refractivity contribution in [1.29, 1.82) is 0 Å². The van der Waals surface area contributed by atoms with Gasteiger partial charge in [-0.25, -0.2) is 8.42 Å². The second kappa shape index (κ2) is 10.9. The summed E-state index contributed by atoms with van der Waals surface area (Å²) in [5, 5.41) is 6.85. The number of hydrogen-bond donors (Lipinski definition) is 2. The Morgan fingerprint density at radius 2 is 2.00 bits per heavy atom. The summed E-state index contributed by atoms with van der Waals surface area (Å²) >= 11 is 0. The molecule has 2 atom stereocenters. The minimum absolute atomic E-state index is 0. The van der Waals surface area contributed by atoms with Crippen molar-refractivity contribution in [2.45, 2.75) is 56.5 Å². The minimum Gasteiger partial charge on any atom is -0.355 e. The fraction of sp³-hybridized carbons (Fsp3) is 0.667. The van der Waals surface area contributed by atoms with Crippen molar-refractivity contribution < 1.29 is 8.42 Å². The molecule has 0 saturated heterocycles. The molecule has 8 heteroatoms. The zero-order valence-corrected chi connectivity index (χ0v) is 21.7. The lowest BCUT2D eigenvalue weighted by molar-refractivity contribution is 0.0795. The number of guanidine groups is 1. The average Bonchev–Trinajstić information content (AvgIpc) is 2.60. The molecule has 1 aromatic rings. The molecular formula is C21H37IN4O2S. The van der Waals surface area contributed by atoms with Crippen molar-refractivity contribution in [2.24, 2.45) is 10.9 Å². The van der Waals surface area contributed by atoms with Gasteiger partial charge in [-0.05, 0) is 57.0 Å². The Morgan fingerprint density at radius 3 is 2.52 bits per heavy atom. The van der Waals surface area contributed by atoms with Crippen LogP contribution in [0.3, 0.4) is 0 Å². The van der Waals surface area contributed by atoms with Gasteiger partial charge in [-0.1, -0.05) is 31.9 Å². The smallest absolute Gasteiger partial charge is 0.191 e. The maximum absolute atomic E-state index is 11.8. The van der Waals surface area contributed by atoms with Crippen LogP contribution in [0.15, 0.2) is 28.1 Å². The number of nitrogens with zero attached hydrogens (tertiary/aromatic N) is 2. The molecular weight excluding hydrogens is 499 g/mol. The van der Waals surface area contributed by atoms with Crippen LogP contribution >= 0.6 is 24.0 Å². The van der Waals surface area contributed by atoms with E-state index in [2.05, 4.69) is 41.5 Å².